The van der Waals surface area contributed by atoms with Crippen molar-refractivity contribution in [3.63, 3.8) is 0 Å². The van der Waals surface area contributed by atoms with Crippen molar-refractivity contribution in [1.29, 1.82) is 0 Å². The standard InChI is InChI=1S/C10H17N3O/c1-10(14)3-5-13(8-10)7-9-11-4-6-12(9)2/h4,6,14H,3,5,7-8H2,1-2H3. The Morgan fingerprint density at radius 2 is 2.43 bits per heavy atom. The molecule has 1 aliphatic rings. The Morgan fingerprint density at radius 3 is 2.93 bits per heavy atom. The van der Waals surface area contributed by atoms with Gasteiger partial charge in [0.1, 0.15) is 5.82 Å². The maximum absolute atomic E-state index is 9.79. The van der Waals surface area contributed by atoms with Crippen LogP contribution < -0.4 is 0 Å². The molecule has 0 amide bonds. The summed E-state index contributed by atoms with van der Waals surface area (Å²) in [5.41, 5.74) is -0.509. The highest BCUT2D eigenvalue weighted by atomic mass is 16.3. The van der Waals surface area contributed by atoms with Gasteiger partial charge in [0.2, 0.25) is 0 Å². The molecule has 0 spiro atoms. The van der Waals surface area contributed by atoms with Crippen molar-refractivity contribution in [2.45, 2.75) is 25.5 Å². The minimum Gasteiger partial charge on any atom is -0.389 e. The fraction of sp³-hybridized carbons (Fsp3) is 0.700. The van der Waals surface area contributed by atoms with Crippen LogP contribution >= 0.6 is 0 Å². The number of aromatic nitrogens is 2. The zero-order valence-corrected chi connectivity index (χ0v) is 8.77. The van der Waals surface area contributed by atoms with Gasteiger partial charge in [-0.2, -0.15) is 0 Å². The molecule has 0 saturated carbocycles. The van der Waals surface area contributed by atoms with E-state index < -0.39 is 5.60 Å². The average molecular weight is 195 g/mol. The topological polar surface area (TPSA) is 41.3 Å². The largest absolute Gasteiger partial charge is 0.389 e. The van der Waals surface area contributed by atoms with Gasteiger partial charge in [-0.15, -0.1) is 0 Å². The Bertz CT molecular complexity index is 319. The smallest absolute Gasteiger partial charge is 0.122 e. The highest BCUT2D eigenvalue weighted by Crippen LogP contribution is 2.21. The van der Waals surface area contributed by atoms with Gasteiger partial charge in [-0.3, -0.25) is 4.90 Å². The molecule has 0 aliphatic carbocycles. The highest BCUT2D eigenvalue weighted by molar-refractivity contribution is 4.94. The Balaban J connectivity index is 1.97. The van der Waals surface area contributed by atoms with Crippen LogP contribution in [0, 0.1) is 0 Å². The molecule has 1 aromatic heterocycles. The first-order valence-corrected chi connectivity index (χ1v) is 4.98. The number of hydrogen-bond donors (Lipinski definition) is 1. The summed E-state index contributed by atoms with van der Waals surface area (Å²) in [5.74, 6) is 1.06. The predicted octanol–water partition coefficient (Wildman–Crippen LogP) is 0.377. The van der Waals surface area contributed by atoms with Gasteiger partial charge in [0, 0.05) is 32.5 Å². The molecule has 4 heteroatoms. The third-order valence-corrected chi connectivity index (χ3v) is 2.82. The number of rotatable bonds is 2. The third kappa shape index (κ3) is 1.96. The van der Waals surface area contributed by atoms with Crippen LogP contribution in [0.15, 0.2) is 12.4 Å². The highest BCUT2D eigenvalue weighted by Gasteiger charge is 2.31. The number of hydrogen-bond acceptors (Lipinski definition) is 3. The molecule has 1 unspecified atom stereocenters. The maximum Gasteiger partial charge on any atom is 0.122 e. The van der Waals surface area contributed by atoms with E-state index >= 15 is 0 Å². The van der Waals surface area contributed by atoms with Crippen LogP contribution in [0.3, 0.4) is 0 Å². The van der Waals surface area contributed by atoms with E-state index in [1.54, 1.807) is 0 Å². The zero-order chi connectivity index (χ0) is 10.2. The van der Waals surface area contributed by atoms with E-state index in [1.807, 2.05) is 30.9 Å². The SMILES string of the molecule is Cn1ccnc1CN1CCC(C)(O)C1. The molecule has 1 atom stereocenters. The van der Waals surface area contributed by atoms with Gasteiger partial charge < -0.3 is 9.67 Å². The van der Waals surface area contributed by atoms with Crippen LogP contribution in [-0.4, -0.2) is 38.2 Å². The van der Waals surface area contributed by atoms with E-state index in [-0.39, 0.29) is 0 Å². The van der Waals surface area contributed by atoms with Crippen molar-refractivity contribution < 1.29 is 5.11 Å². The molecule has 1 fully saturated rings. The summed E-state index contributed by atoms with van der Waals surface area (Å²) in [7, 11) is 2.00. The molecule has 0 bridgehead atoms. The summed E-state index contributed by atoms with van der Waals surface area (Å²) in [6, 6.07) is 0. The molecular formula is C10H17N3O. The van der Waals surface area contributed by atoms with Crippen LogP contribution in [0.25, 0.3) is 0 Å². The molecule has 1 aromatic rings. The van der Waals surface area contributed by atoms with Gasteiger partial charge in [-0.1, -0.05) is 0 Å². The monoisotopic (exact) mass is 195 g/mol. The first kappa shape index (κ1) is 9.68. The minimum absolute atomic E-state index is 0.509. The quantitative estimate of drug-likeness (QED) is 0.741. The molecule has 1 aliphatic heterocycles. The van der Waals surface area contributed by atoms with Gasteiger partial charge in [0.25, 0.3) is 0 Å². The first-order valence-electron chi connectivity index (χ1n) is 4.98. The lowest BCUT2D eigenvalue weighted by Crippen LogP contribution is -2.30. The fourth-order valence-corrected chi connectivity index (χ4v) is 1.92. The molecule has 0 aromatic carbocycles. The van der Waals surface area contributed by atoms with Crippen LogP contribution in [0.5, 0.6) is 0 Å². The van der Waals surface area contributed by atoms with Crippen molar-refractivity contribution in [3.05, 3.63) is 18.2 Å². The lowest BCUT2D eigenvalue weighted by atomic mass is 10.1. The molecular weight excluding hydrogens is 178 g/mol. The minimum atomic E-state index is -0.509. The second-order valence-corrected chi connectivity index (χ2v) is 4.41. The number of likely N-dealkylation sites (tertiary alicyclic amines) is 1. The Hall–Kier alpha value is -0.870. The van der Waals surface area contributed by atoms with Gasteiger partial charge in [-0.05, 0) is 13.3 Å². The molecule has 0 radical (unpaired) electrons. The van der Waals surface area contributed by atoms with Crippen molar-refractivity contribution in [1.82, 2.24) is 14.5 Å². The van der Waals surface area contributed by atoms with E-state index in [2.05, 4.69) is 9.88 Å². The normalized spacial score (nSPS) is 28.5. The molecule has 2 heterocycles. The molecule has 14 heavy (non-hydrogen) atoms. The van der Waals surface area contributed by atoms with Gasteiger partial charge in [0.05, 0.1) is 12.1 Å². The second kappa shape index (κ2) is 3.37. The van der Waals surface area contributed by atoms with E-state index in [9.17, 15) is 5.11 Å². The van der Waals surface area contributed by atoms with E-state index in [4.69, 9.17) is 0 Å². The zero-order valence-electron chi connectivity index (χ0n) is 8.77. The van der Waals surface area contributed by atoms with Crippen LogP contribution in [0.1, 0.15) is 19.2 Å². The van der Waals surface area contributed by atoms with Crippen molar-refractivity contribution in [2.75, 3.05) is 13.1 Å². The number of aryl methyl sites for hydroxylation is 1. The van der Waals surface area contributed by atoms with Crippen molar-refractivity contribution in [2.24, 2.45) is 7.05 Å². The van der Waals surface area contributed by atoms with E-state index in [0.29, 0.717) is 0 Å². The summed E-state index contributed by atoms with van der Waals surface area (Å²) in [6.07, 6.45) is 4.62. The molecule has 1 saturated heterocycles. The number of aliphatic hydroxyl groups is 1. The van der Waals surface area contributed by atoms with Gasteiger partial charge in [0.15, 0.2) is 0 Å². The Kier molecular flexibility index (Phi) is 2.33. The van der Waals surface area contributed by atoms with Crippen LogP contribution in [0.2, 0.25) is 0 Å². The lowest BCUT2D eigenvalue weighted by Gasteiger charge is -2.18. The molecule has 2 rings (SSSR count). The summed E-state index contributed by atoms with van der Waals surface area (Å²) in [5, 5.41) is 9.79. The molecule has 78 valence electrons. The number of nitrogens with zero attached hydrogens (tertiary/aromatic N) is 3. The van der Waals surface area contributed by atoms with Gasteiger partial charge >= 0.3 is 0 Å². The van der Waals surface area contributed by atoms with Gasteiger partial charge in [-0.25, -0.2) is 4.98 Å². The van der Waals surface area contributed by atoms with Crippen molar-refractivity contribution in [3.8, 4) is 0 Å². The second-order valence-electron chi connectivity index (χ2n) is 4.41. The summed E-state index contributed by atoms with van der Waals surface area (Å²) >= 11 is 0. The molecule has 1 N–H and O–H groups in total. The third-order valence-electron chi connectivity index (χ3n) is 2.82. The fourth-order valence-electron chi connectivity index (χ4n) is 1.92. The predicted molar refractivity (Wildman–Crippen MR) is 53.7 cm³/mol. The summed E-state index contributed by atoms with van der Waals surface area (Å²) < 4.78 is 2.02. The lowest BCUT2D eigenvalue weighted by molar-refractivity contribution is 0.0674. The maximum atomic E-state index is 9.79. The number of imidazole rings is 1. The Morgan fingerprint density at radius 1 is 1.64 bits per heavy atom. The average Bonchev–Trinajstić information content (AvgIpc) is 2.61. The van der Waals surface area contributed by atoms with Crippen LogP contribution in [0.4, 0.5) is 0 Å². The Labute approximate surface area is 84.2 Å². The summed E-state index contributed by atoms with van der Waals surface area (Å²) in [4.78, 5) is 6.51. The van der Waals surface area contributed by atoms with E-state index in [1.165, 1.54) is 0 Å². The first-order chi connectivity index (χ1) is 6.57. The number of β-amino-alcohol motifs (C(OH)–C–C–N with tert-alkyl or cyclic N) is 1. The van der Waals surface area contributed by atoms with E-state index in [0.717, 1.165) is 31.9 Å². The summed E-state index contributed by atoms with van der Waals surface area (Å²) in [6.45, 7) is 4.44. The van der Waals surface area contributed by atoms with Crippen LogP contribution in [-0.2, 0) is 13.6 Å². The van der Waals surface area contributed by atoms with Crippen molar-refractivity contribution >= 4 is 0 Å². The molecule has 4 nitrogen and oxygen atoms in total.